The molecule has 0 heterocycles. The third-order valence-corrected chi connectivity index (χ3v) is 5.54. The Kier molecular flexibility index (Phi) is 4.90. The van der Waals surface area contributed by atoms with Crippen molar-refractivity contribution >= 4 is 0 Å². The van der Waals surface area contributed by atoms with Crippen molar-refractivity contribution in [1.82, 2.24) is 5.32 Å². The minimum absolute atomic E-state index is 0.651. The highest BCUT2D eigenvalue weighted by molar-refractivity contribution is 4.95. The fourth-order valence-corrected chi connectivity index (χ4v) is 4.40. The second-order valence-corrected chi connectivity index (χ2v) is 6.42. The normalized spacial score (nSPS) is 26.5. The topological polar surface area (TPSA) is 12.0 Å². The molecule has 1 atom stereocenters. The molecule has 0 aromatic rings. The van der Waals surface area contributed by atoms with E-state index < -0.39 is 0 Å². The maximum atomic E-state index is 3.84. The van der Waals surface area contributed by atoms with Crippen LogP contribution in [-0.2, 0) is 0 Å². The Hall–Kier alpha value is -0.0400. The molecule has 2 rings (SSSR count). The molecule has 0 amide bonds. The number of hydrogen-bond acceptors (Lipinski definition) is 1. The van der Waals surface area contributed by atoms with Crippen molar-refractivity contribution in [3.8, 4) is 0 Å². The molecule has 2 aliphatic rings. The Balaban J connectivity index is 1.98. The molecule has 0 aromatic carbocycles. The first-order chi connectivity index (χ1) is 8.30. The summed E-state index contributed by atoms with van der Waals surface area (Å²) in [6, 6.07) is 0.808. The molecule has 1 heteroatoms. The van der Waals surface area contributed by atoms with Crippen LogP contribution in [0.2, 0.25) is 0 Å². The van der Waals surface area contributed by atoms with Crippen LogP contribution in [0.4, 0.5) is 0 Å². The van der Waals surface area contributed by atoms with E-state index in [2.05, 4.69) is 19.2 Å². The molecule has 0 spiro atoms. The molecule has 1 unspecified atom stereocenters. The number of hydrogen-bond donors (Lipinski definition) is 1. The molecular formula is C16H31N. The van der Waals surface area contributed by atoms with Crippen LogP contribution in [0.25, 0.3) is 0 Å². The molecule has 0 aromatic heterocycles. The standard InChI is InChI=1S/C16H31N/c1-3-16(11-7-8-12-16)15(17-4-2)13-14-9-5-6-10-14/h14-15,17H,3-13H2,1-2H3. The van der Waals surface area contributed by atoms with Crippen molar-refractivity contribution in [2.24, 2.45) is 11.3 Å². The van der Waals surface area contributed by atoms with Gasteiger partial charge in [0.25, 0.3) is 0 Å². The van der Waals surface area contributed by atoms with E-state index in [0.29, 0.717) is 5.41 Å². The van der Waals surface area contributed by atoms with Crippen molar-refractivity contribution in [2.75, 3.05) is 6.54 Å². The Morgan fingerprint density at radius 1 is 1.06 bits per heavy atom. The first-order valence-electron chi connectivity index (χ1n) is 8.04. The lowest BCUT2D eigenvalue weighted by Crippen LogP contribution is -2.44. The Morgan fingerprint density at radius 3 is 2.24 bits per heavy atom. The van der Waals surface area contributed by atoms with Gasteiger partial charge in [-0.25, -0.2) is 0 Å². The van der Waals surface area contributed by atoms with Crippen molar-refractivity contribution in [3.05, 3.63) is 0 Å². The van der Waals surface area contributed by atoms with Crippen LogP contribution < -0.4 is 5.32 Å². The second kappa shape index (κ2) is 6.22. The van der Waals surface area contributed by atoms with Gasteiger partial charge in [-0.2, -0.15) is 0 Å². The molecule has 100 valence electrons. The zero-order valence-corrected chi connectivity index (χ0v) is 11.9. The highest BCUT2D eigenvalue weighted by Crippen LogP contribution is 2.46. The van der Waals surface area contributed by atoms with E-state index in [1.54, 1.807) is 0 Å². The lowest BCUT2D eigenvalue weighted by molar-refractivity contribution is 0.160. The first kappa shape index (κ1) is 13.4. The van der Waals surface area contributed by atoms with E-state index in [9.17, 15) is 0 Å². The average molecular weight is 237 g/mol. The first-order valence-corrected chi connectivity index (χ1v) is 8.04. The van der Waals surface area contributed by atoms with Gasteiger partial charge in [0.05, 0.1) is 0 Å². The molecule has 2 fully saturated rings. The van der Waals surface area contributed by atoms with E-state index in [4.69, 9.17) is 0 Å². The Morgan fingerprint density at radius 2 is 1.71 bits per heavy atom. The van der Waals surface area contributed by atoms with Crippen molar-refractivity contribution < 1.29 is 0 Å². The van der Waals surface area contributed by atoms with Gasteiger partial charge >= 0.3 is 0 Å². The molecule has 2 aliphatic carbocycles. The third kappa shape index (κ3) is 3.05. The summed E-state index contributed by atoms with van der Waals surface area (Å²) in [6.45, 7) is 5.85. The van der Waals surface area contributed by atoms with Crippen LogP contribution in [0.15, 0.2) is 0 Å². The molecule has 1 nitrogen and oxygen atoms in total. The minimum atomic E-state index is 0.651. The molecular weight excluding hydrogens is 206 g/mol. The summed E-state index contributed by atoms with van der Waals surface area (Å²) >= 11 is 0. The fraction of sp³-hybridized carbons (Fsp3) is 1.00. The molecule has 0 saturated heterocycles. The predicted molar refractivity (Wildman–Crippen MR) is 75.2 cm³/mol. The fourth-order valence-electron chi connectivity index (χ4n) is 4.40. The molecule has 17 heavy (non-hydrogen) atoms. The maximum Gasteiger partial charge on any atom is 0.0126 e. The summed E-state index contributed by atoms with van der Waals surface area (Å²) in [6.07, 6.45) is 14.7. The van der Waals surface area contributed by atoms with Gasteiger partial charge in [-0.3, -0.25) is 0 Å². The summed E-state index contributed by atoms with van der Waals surface area (Å²) in [4.78, 5) is 0. The summed E-state index contributed by atoms with van der Waals surface area (Å²) in [7, 11) is 0. The van der Waals surface area contributed by atoms with E-state index >= 15 is 0 Å². The monoisotopic (exact) mass is 237 g/mol. The Bertz CT molecular complexity index is 212. The van der Waals surface area contributed by atoms with Gasteiger partial charge in [0.2, 0.25) is 0 Å². The van der Waals surface area contributed by atoms with Crippen LogP contribution in [0, 0.1) is 11.3 Å². The van der Waals surface area contributed by atoms with Crippen LogP contribution in [0.5, 0.6) is 0 Å². The van der Waals surface area contributed by atoms with Gasteiger partial charge in [0, 0.05) is 6.04 Å². The summed E-state index contributed by atoms with van der Waals surface area (Å²) in [5.74, 6) is 1.03. The van der Waals surface area contributed by atoms with E-state index in [0.717, 1.165) is 18.5 Å². The van der Waals surface area contributed by atoms with Crippen LogP contribution >= 0.6 is 0 Å². The zero-order valence-electron chi connectivity index (χ0n) is 11.9. The predicted octanol–water partition coefficient (Wildman–Crippen LogP) is 4.52. The summed E-state index contributed by atoms with van der Waals surface area (Å²) in [5, 5.41) is 3.84. The van der Waals surface area contributed by atoms with Crippen molar-refractivity contribution in [3.63, 3.8) is 0 Å². The summed E-state index contributed by atoms with van der Waals surface area (Å²) in [5.41, 5.74) is 0.651. The van der Waals surface area contributed by atoms with Gasteiger partial charge < -0.3 is 5.32 Å². The number of nitrogens with one attached hydrogen (secondary N) is 1. The van der Waals surface area contributed by atoms with Crippen LogP contribution in [-0.4, -0.2) is 12.6 Å². The van der Waals surface area contributed by atoms with Crippen LogP contribution in [0.1, 0.15) is 78.1 Å². The van der Waals surface area contributed by atoms with Gasteiger partial charge in [-0.1, -0.05) is 52.4 Å². The van der Waals surface area contributed by atoms with Crippen molar-refractivity contribution in [1.29, 1.82) is 0 Å². The van der Waals surface area contributed by atoms with E-state index in [1.165, 1.54) is 64.2 Å². The molecule has 0 radical (unpaired) electrons. The van der Waals surface area contributed by atoms with Crippen LogP contribution in [0.3, 0.4) is 0 Å². The van der Waals surface area contributed by atoms with E-state index in [-0.39, 0.29) is 0 Å². The summed E-state index contributed by atoms with van der Waals surface area (Å²) < 4.78 is 0. The quantitative estimate of drug-likeness (QED) is 0.716. The smallest absolute Gasteiger partial charge is 0.0126 e. The second-order valence-electron chi connectivity index (χ2n) is 6.42. The maximum absolute atomic E-state index is 3.84. The molecule has 0 aliphatic heterocycles. The lowest BCUT2D eigenvalue weighted by atomic mass is 9.73. The van der Waals surface area contributed by atoms with Gasteiger partial charge in [-0.15, -0.1) is 0 Å². The highest BCUT2D eigenvalue weighted by atomic mass is 14.9. The SMILES string of the molecule is CCNC(CC1CCCC1)C1(CC)CCCC1. The minimum Gasteiger partial charge on any atom is -0.314 e. The zero-order chi connectivity index (χ0) is 12.1. The largest absolute Gasteiger partial charge is 0.314 e. The highest BCUT2D eigenvalue weighted by Gasteiger charge is 2.40. The molecule has 0 bridgehead atoms. The molecule has 2 saturated carbocycles. The average Bonchev–Trinajstić information content (AvgIpc) is 3.00. The van der Waals surface area contributed by atoms with Gasteiger partial charge in [0.15, 0.2) is 0 Å². The number of rotatable bonds is 6. The Labute approximate surface area is 108 Å². The van der Waals surface area contributed by atoms with Gasteiger partial charge in [0.1, 0.15) is 0 Å². The third-order valence-electron chi connectivity index (χ3n) is 5.54. The van der Waals surface area contributed by atoms with Gasteiger partial charge in [-0.05, 0) is 43.6 Å². The van der Waals surface area contributed by atoms with E-state index in [1.807, 2.05) is 0 Å². The molecule has 1 N–H and O–H groups in total. The van der Waals surface area contributed by atoms with Crippen molar-refractivity contribution in [2.45, 2.75) is 84.1 Å². The lowest BCUT2D eigenvalue weighted by Gasteiger charge is -2.39.